The molecule has 0 aromatic heterocycles. The van der Waals surface area contributed by atoms with Gasteiger partial charge in [0.2, 0.25) is 0 Å². The van der Waals surface area contributed by atoms with E-state index in [0.29, 0.717) is 0 Å². The lowest BCUT2D eigenvalue weighted by Gasteiger charge is -2.40. The molecule has 2 aromatic rings. The minimum atomic E-state index is -2.77. The van der Waals surface area contributed by atoms with E-state index in [-0.39, 0.29) is 43.3 Å². The van der Waals surface area contributed by atoms with Crippen LogP contribution in [0.1, 0.15) is 232 Å². The predicted molar refractivity (Wildman–Crippen MR) is 235 cm³/mol. The standard InChI is InChI=1S/C48H74Br2Si/c1-17-45(18-2)27-41(9,10)35-31(45)25-32-36(42(11,12)28-46(32,19-3)20-4)39(35)51(49,50)40-37-33(47(21-5,22-6)29-43(37,13)14)26-34-38(40)44(15,16)30-48(34,23-7)24-8/h25-26H,17-24,27-30H2,1-16H3. The highest BCUT2D eigenvalue weighted by Gasteiger charge is 2.61. The molecule has 0 radical (unpaired) electrons. The maximum Gasteiger partial charge on any atom is 0.261 e. The number of rotatable bonds is 10. The zero-order chi connectivity index (χ0) is 38.2. The van der Waals surface area contributed by atoms with E-state index in [0.717, 1.165) is 0 Å². The topological polar surface area (TPSA) is 0 Å². The van der Waals surface area contributed by atoms with Crippen LogP contribution in [0.3, 0.4) is 0 Å². The van der Waals surface area contributed by atoms with Crippen molar-refractivity contribution in [2.75, 3.05) is 0 Å². The zero-order valence-corrected chi connectivity index (χ0v) is 40.1. The lowest BCUT2D eigenvalue weighted by molar-refractivity contribution is 0.322. The molecule has 0 bridgehead atoms. The molecule has 51 heavy (non-hydrogen) atoms. The van der Waals surface area contributed by atoms with E-state index >= 15 is 0 Å². The van der Waals surface area contributed by atoms with Gasteiger partial charge in [0.25, 0.3) is 5.31 Å². The molecule has 4 aliphatic carbocycles. The molecule has 3 heteroatoms. The van der Waals surface area contributed by atoms with Crippen molar-refractivity contribution >= 4 is 46.3 Å². The molecular weight excluding hydrogens is 764 g/mol. The van der Waals surface area contributed by atoms with Gasteiger partial charge in [-0.15, -0.1) is 0 Å². The first-order valence-electron chi connectivity index (χ1n) is 21.3. The largest absolute Gasteiger partial charge is 0.261 e. The summed E-state index contributed by atoms with van der Waals surface area (Å²) in [7, 11) is 0. The molecule has 4 aliphatic rings. The third kappa shape index (κ3) is 5.16. The summed E-state index contributed by atoms with van der Waals surface area (Å²) in [6.07, 6.45) is 14.7. The summed E-state index contributed by atoms with van der Waals surface area (Å²) in [5.41, 5.74) is 15.0. The van der Waals surface area contributed by atoms with Gasteiger partial charge in [-0.05, 0) is 175 Å². The Labute approximate surface area is 332 Å². The summed E-state index contributed by atoms with van der Waals surface area (Å²) < 4.78 is 0. The minimum absolute atomic E-state index is 0.102. The van der Waals surface area contributed by atoms with Crippen molar-refractivity contribution in [3.63, 3.8) is 0 Å². The molecule has 0 aliphatic heterocycles. The minimum Gasteiger partial charge on any atom is -0.0987 e. The van der Waals surface area contributed by atoms with Crippen molar-refractivity contribution in [3.05, 3.63) is 56.6 Å². The second-order valence-electron chi connectivity index (χ2n) is 21.0. The van der Waals surface area contributed by atoms with Gasteiger partial charge >= 0.3 is 0 Å². The van der Waals surface area contributed by atoms with Crippen LogP contribution in [-0.2, 0) is 43.3 Å². The van der Waals surface area contributed by atoms with Crippen LogP contribution in [0.4, 0.5) is 0 Å². The van der Waals surface area contributed by atoms with Gasteiger partial charge in [-0.25, -0.2) is 0 Å². The molecule has 0 heterocycles. The molecular formula is C48H74Br2Si. The molecule has 0 unspecified atom stereocenters. The van der Waals surface area contributed by atoms with Crippen molar-refractivity contribution in [3.8, 4) is 0 Å². The number of benzene rings is 2. The monoisotopic (exact) mass is 836 g/mol. The Kier molecular flexibility index (Phi) is 9.72. The summed E-state index contributed by atoms with van der Waals surface area (Å²) in [6, 6.07) is 5.66. The average molecular weight is 839 g/mol. The Morgan fingerprint density at radius 1 is 0.392 bits per heavy atom. The van der Waals surface area contributed by atoms with Crippen molar-refractivity contribution in [2.24, 2.45) is 0 Å². The van der Waals surface area contributed by atoms with E-state index in [1.165, 1.54) is 77.0 Å². The summed E-state index contributed by atoms with van der Waals surface area (Å²) in [5, 5.41) is 0.699. The number of hydrogen-bond donors (Lipinski definition) is 0. The quantitative estimate of drug-likeness (QED) is 0.165. The van der Waals surface area contributed by atoms with E-state index in [1.807, 2.05) is 0 Å². The maximum atomic E-state index is 5.00. The normalized spacial score (nSPS) is 24.7. The van der Waals surface area contributed by atoms with E-state index in [1.54, 1.807) is 54.9 Å². The van der Waals surface area contributed by atoms with Gasteiger partial charge in [0, 0.05) is 0 Å². The highest BCUT2D eigenvalue weighted by Crippen LogP contribution is 2.63. The average Bonchev–Trinajstić information content (AvgIpc) is 3.66. The van der Waals surface area contributed by atoms with Gasteiger partial charge < -0.3 is 0 Å². The van der Waals surface area contributed by atoms with E-state index in [2.05, 4.69) is 123 Å². The van der Waals surface area contributed by atoms with Gasteiger partial charge in [-0.2, -0.15) is 0 Å². The smallest absolute Gasteiger partial charge is 0.0987 e. The van der Waals surface area contributed by atoms with E-state index in [4.69, 9.17) is 30.6 Å². The van der Waals surface area contributed by atoms with Crippen LogP contribution < -0.4 is 10.4 Å². The maximum absolute atomic E-state index is 5.00. The van der Waals surface area contributed by atoms with E-state index in [9.17, 15) is 0 Å². The van der Waals surface area contributed by atoms with Crippen molar-refractivity contribution in [1.82, 2.24) is 0 Å². The van der Waals surface area contributed by atoms with Crippen LogP contribution >= 0.6 is 30.6 Å². The molecule has 0 fully saturated rings. The Balaban J connectivity index is 1.90. The van der Waals surface area contributed by atoms with Crippen LogP contribution in [0.5, 0.6) is 0 Å². The molecule has 6 rings (SSSR count). The number of hydrogen-bond acceptors (Lipinski definition) is 0. The van der Waals surface area contributed by atoms with Gasteiger partial charge in [0.15, 0.2) is 0 Å². The van der Waals surface area contributed by atoms with Crippen molar-refractivity contribution < 1.29 is 0 Å². The van der Waals surface area contributed by atoms with Gasteiger partial charge in [-0.1, -0.05) is 153 Å². The van der Waals surface area contributed by atoms with Gasteiger partial charge in [-0.3, -0.25) is 0 Å². The summed E-state index contributed by atoms with van der Waals surface area (Å²) in [6.45, 7) is 40.8. The lowest BCUT2D eigenvalue weighted by atomic mass is 9.72. The highest BCUT2D eigenvalue weighted by atomic mass is 79.9. The fourth-order valence-corrected chi connectivity index (χ4v) is 22.4. The Morgan fingerprint density at radius 3 is 0.725 bits per heavy atom. The fourth-order valence-electron chi connectivity index (χ4n) is 14.2. The molecule has 2 aromatic carbocycles. The predicted octanol–water partition coefficient (Wildman–Crippen LogP) is 14.0. The van der Waals surface area contributed by atoms with Crippen molar-refractivity contribution in [1.29, 1.82) is 0 Å². The molecule has 0 saturated heterocycles. The molecule has 0 atom stereocenters. The third-order valence-corrected chi connectivity index (χ3v) is 23.8. The zero-order valence-electron chi connectivity index (χ0n) is 35.9. The first-order chi connectivity index (χ1) is 23.5. The Morgan fingerprint density at radius 2 is 0.569 bits per heavy atom. The van der Waals surface area contributed by atoms with Crippen molar-refractivity contribution in [2.45, 2.75) is 231 Å². The molecule has 284 valence electrons. The van der Waals surface area contributed by atoms with Crippen LogP contribution in [0.25, 0.3) is 0 Å². The van der Waals surface area contributed by atoms with Crippen LogP contribution in [-0.4, -0.2) is 5.31 Å². The number of halogens is 2. The molecule has 0 saturated carbocycles. The van der Waals surface area contributed by atoms with Crippen LogP contribution in [0, 0.1) is 0 Å². The summed E-state index contributed by atoms with van der Waals surface area (Å²) in [5.74, 6) is 0. The summed E-state index contributed by atoms with van der Waals surface area (Å²) in [4.78, 5) is 0. The first kappa shape index (κ1) is 40.3. The van der Waals surface area contributed by atoms with Crippen LogP contribution in [0.2, 0.25) is 0 Å². The summed E-state index contributed by atoms with van der Waals surface area (Å²) >= 11 is 10.0. The molecule has 0 amide bonds. The Hall–Kier alpha value is -0.383. The molecule has 0 nitrogen and oxygen atoms in total. The lowest BCUT2D eigenvalue weighted by Crippen LogP contribution is -2.58. The SMILES string of the molecule is CCC1(CC)CC(C)(C)c2c1cc1c(c2[Si](Br)(Br)c2c3c(cc4c2C(C)(C)CC4(CC)CC)C(CC)(CC)CC3(C)C)C(C)(C)CC1(CC)CC. The van der Waals surface area contributed by atoms with E-state index < -0.39 is 5.31 Å². The Bertz CT molecular complexity index is 1480. The first-order valence-corrected chi connectivity index (χ1v) is 27.9. The van der Waals surface area contributed by atoms with Crippen LogP contribution in [0.15, 0.2) is 12.1 Å². The van der Waals surface area contributed by atoms with Gasteiger partial charge in [0.05, 0.1) is 0 Å². The number of fused-ring (bicyclic) bond motifs is 4. The second-order valence-corrected chi connectivity index (χ2v) is 33.4. The fraction of sp³-hybridized carbons (Fsp3) is 0.750. The molecule has 0 N–H and O–H groups in total. The molecule has 0 spiro atoms. The third-order valence-electron chi connectivity index (χ3n) is 16.8. The van der Waals surface area contributed by atoms with Gasteiger partial charge in [0.1, 0.15) is 0 Å². The second kappa shape index (κ2) is 12.3. The highest BCUT2D eigenvalue weighted by molar-refractivity contribution is 9.52.